The van der Waals surface area contributed by atoms with Crippen molar-refractivity contribution >= 4 is 40.2 Å². The van der Waals surface area contributed by atoms with E-state index in [0.717, 1.165) is 16.6 Å². The van der Waals surface area contributed by atoms with Crippen molar-refractivity contribution < 1.29 is 18.7 Å². The lowest BCUT2D eigenvalue weighted by Crippen LogP contribution is -2.55. The number of carbonyl (C=O) groups is 2. The molecule has 0 aliphatic carbocycles. The number of ether oxygens (including phenoxy) is 1. The van der Waals surface area contributed by atoms with Crippen molar-refractivity contribution in [2.45, 2.75) is 45.8 Å². The number of halogens is 1. The van der Waals surface area contributed by atoms with Gasteiger partial charge in [0, 0.05) is 74.4 Å². The zero-order valence-corrected chi connectivity index (χ0v) is 21.8. The Balaban J connectivity index is 1.31. The fourth-order valence-corrected chi connectivity index (χ4v) is 4.98. The van der Waals surface area contributed by atoms with Crippen LogP contribution in [0, 0.1) is 5.82 Å². The van der Waals surface area contributed by atoms with Crippen LogP contribution in [-0.2, 0) is 18.2 Å². The normalized spacial score (nSPS) is 17.8. The van der Waals surface area contributed by atoms with E-state index in [9.17, 15) is 14.0 Å². The van der Waals surface area contributed by atoms with Crippen molar-refractivity contribution in [1.82, 2.24) is 19.7 Å². The number of carbonyl (C=O) groups excluding carboxylic acids is 2. The fourth-order valence-electron chi connectivity index (χ4n) is 4.98. The number of amides is 3. The van der Waals surface area contributed by atoms with E-state index in [0.29, 0.717) is 43.9 Å². The first-order chi connectivity index (χ1) is 17.5. The maximum absolute atomic E-state index is 14.7. The standard InChI is InChI=1S/C26H32FN7O3/c1-16-14-32(10-11-33(16)25(36)37-26(2,3)4)22-6-8-28-23-18(22)7-9-34(23)24(35)29-21-12-17-15-31(5)30-20(17)13-19(21)27/h6,8,12-13,15-16H,7,9-11,14H2,1-5H3,(H,29,35)/t16-/m0/s1. The molecular weight excluding hydrogens is 477 g/mol. The molecule has 0 spiro atoms. The summed E-state index contributed by atoms with van der Waals surface area (Å²) in [6, 6.07) is 4.37. The van der Waals surface area contributed by atoms with Gasteiger partial charge in [0.05, 0.1) is 11.2 Å². The first kappa shape index (κ1) is 24.8. The van der Waals surface area contributed by atoms with Crippen molar-refractivity contribution in [2.24, 2.45) is 7.05 Å². The van der Waals surface area contributed by atoms with Gasteiger partial charge in [-0.2, -0.15) is 5.10 Å². The van der Waals surface area contributed by atoms with Crippen LogP contribution < -0.4 is 15.1 Å². The van der Waals surface area contributed by atoms with Crippen molar-refractivity contribution in [3.63, 3.8) is 0 Å². The number of rotatable bonds is 2. The first-order valence-electron chi connectivity index (χ1n) is 12.4. The molecule has 0 radical (unpaired) electrons. The Morgan fingerprint density at radius 3 is 2.70 bits per heavy atom. The summed E-state index contributed by atoms with van der Waals surface area (Å²) in [5.74, 6) is 0.0256. The SMILES string of the molecule is C[C@H]1CN(c2ccnc3c2CCN3C(=O)Nc2cc3cn(C)nc3cc2F)CCN1C(=O)OC(C)(C)C. The molecule has 2 aliphatic heterocycles. The average Bonchev–Trinajstić information content (AvgIpc) is 3.40. The van der Waals surface area contributed by atoms with Crippen LogP contribution in [0.1, 0.15) is 33.3 Å². The highest BCUT2D eigenvalue weighted by molar-refractivity contribution is 6.04. The number of nitrogens with zero attached hydrogens (tertiary/aromatic N) is 6. The van der Waals surface area contributed by atoms with Gasteiger partial charge in [-0.3, -0.25) is 9.58 Å². The molecule has 0 bridgehead atoms. The number of piperazine rings is 1. The molecule has 3 aromatic rings. The third-order valence-corrected chi connectivity index (χ3v) is 6.64. The summed E-state index contributed by atoms with van der Waals surface area (Å²) in [5, 5.41) is 7.64. The van der Waals surface area contributed by atoms with E-state index in [4.69, 9.17) is 4.74 Å². The Bertz CT molecular complexity index is 1370. The molecular formula is C26H32FN7O3. The molecule has 2 aromatic heterocycles. The van der Waals surface area contributed by atoms with Crippen LogP contribution in [0.3, 0.4) is 0 Å². The van der Waals surface area contributed by atoms with Crippen LogP contribution in [0.25, 0.3) is 10.9 Å². The molecule has 4 heterocycles. The monoisotopic (exact) mass is 509 g/mol. The minimum atomic E-state index is -0.545. The van der Waals surface area contributed by atoms with Crippen molar-refractivity contribution in [3.05, 3.63) is 42.0 Å². The van der Waals surface area contributed by atoms with E-state index in [1.165, 1.54) is 6.07 Å². The lowest BCUT2D eigenvalue weighted by Gasteiger charge is -2.41. The molecule has 5 rings (SSSR count). The Morgan fingerprint density at radius 2 is 1.97 bits per heavy atom. The summed E-state index contributed by atoms with van der Waals surface area (Å²) >= 11 is 0. The van der Waals surface area contributed by atoms with Crippen LogP contribution in [-0.4, -0.2) is 69.6 Å². The Kier molecular flexibility index (Phi) is 6.17. The van der Waals surface area contributed by atoms with Gasteiger partial charge in [0.2, 0.25) is 0 Å². The molecule has 1 aromatic carbocycles. The van der Waals surface area contributed by atoms with Crippen LogP contribution >= 0.6 is 0 Å². The molecule has 11 heteroatoms. The fraction of sp³-hybridized carbons (Fsp3) is 0.462. The van der Waals surface area contributed by atoms with E-state index in [2.05, 4.69) is 20.3 Å². The van der Waals surface area contributed by atoms with Crippen LogP contribution in [0.4, 0.5) is 31.2 Å². The number of anilines is 3. The zero-order valence-electron chi connectivity index (χ0n) is 21.8. The van der Waals surface area contributed by atoms with E-state index in [1.807, 2.05) is 33.8 Å². The van der Waals surface area contributed by atoms with Crippen LogP contribution in [0.15, 0.2) is 30.6 Å². The van der Waals surface area contributed by atoms with Gasteiger partial charge in [0.25, 0.3) is 0 Å². The van der Waals surface area contributed by atoms with Crippen molar-refractivity contribution in [3.8, 4) is 0 Å². The van der Waals surface area contributed by atoms with Gasteiger partial charge in [0.15, 0.2) is 0 Å². The predicted molar refractivity (Wildman–Crippen MR) is 140 cm³/mol. The van der Waals surface area contributed by atoms with Gasteiger partial charge < -0.3 is 19.9 Å². The summed E-state index contributed by atoms with van der Waals surface area (Å²) in [6.45, 7) is 9.84. The first-order valence-corrected chi connectivity index (χ1v) is 12.4. The summed E-state index contributed by atoms with van der Waals surface area (Å²) in [7, 11) is 1.76. The van der Waals surface area contributed by atoms with E-state index >= 15 is 0 Å². The third-order valence-electron chi connectivity index (χ3n) is 6.64. The zero-order chi connectivity index (χ0) is 26.5. The number of pyridine rings is 1. The highest BCUT2D eigenvalue weighted by Gasteiger charge is 2.34. The van der Waals surface area contributed by atoms with E-state index in [-0.39, 0.29) is 17.8 Å². The summed E-state index contributed by atoms with van der Waals surface area (Å²) < 4.78 is 21.8. The highest BCUT2D eigenvalue weighted by atomic mass is 19.1. The summed E-state index contributed by atoms with van der Waals surface area (Å²) in [5.41, 5.74) is 2.05. The van der Waals surface area contributed by atoms with Gasteiger partial charge in [-0.15, -0.1) is 0 Å². The van der Waals surface area contributed by atoms with Gasteiger partial charge in [-0.05, 0) is 46.2 Å². The second-order valence-corrected chi connectivity index (χ2v) is 10.6. The van der Waals surface area contributed by atoms with Crippen LogP contribution in [0.5, 0.6) is 0 Å². The van der Waals surface area contributed by atoms with Crippen LogP contribution in [0.2, 0.25) is 0 Å². The number of aromatic nitrogens is 3. The molecule has 3 amide bonds. The molecule has 1 fully saturated rings. The molecule has 196 valence electrons. The largest absolute Gasteiger partial charge is 0.444 e. The predicted octanol–water partition coefficient (Wildman–Crippen LogP) is 4.15. The molecule has 37 heavy (non-hydrogen) atoms. The number of hydrogen-bond donors (Lipinski definition) is 1. The number of benzene rings is 1. The van der Waals surface area contributed by atoms with Gasteiger partial charge in [-0.25, -0.2) is 19.0 Å². The van der Waals surface area contributed by atoms with Crippen molar-refractivity contribution in [2.75, 3.05) is 41.3 Å². The number of aryl methyl sites for hydroxylation is 1. The lowest BCUT2D eigenvalue weighted by molar-refractivity contribution is 0.0159. The molecule has 0 saturated carbocycles. The minimum absolute atomic E-state index is 0.0430. The molecule has 1 N–H and O–H groups in total. The second kappa shape index (κ2) is 9.20. The summed E-state index contributed by atoms with van der Waals surface area (Å²) in [6.07, 6.45) is 3.79. The maximum atomic E-state index is 14.7. The number of fused-ring (bicyclic) bond motifs is 2. The molecule has 1 saturated heterocycles. The number of hydrogen-bond acceptors (Lipinski definition) is 6. The Morgan fingerprint density at radius 1 is 1.19 bits per heavy atom. The van der Waals surface area contributed by atoms with Crippen molar-refractivity contribution in [1.29, 1.82) is 0 Å². The smallest absolute Gasteiger partial charge is 0.410 e. The quantitative estimate of drug-likeness (QED) is 0.558. The molecule has 0 unspecified atom stereocenters. The van der Waals surface area contributed by atoms with E-state index < -0.39 is 17.4 Å². The molecule has 1 atom stereocenters. The molecule has 2 aliphatic rings. The van der Waals surface area contributed by atoms with Gasteiger partial charge in [0.1, 0.15) is 17.2 Å². The molecule has 10 nitrogen and oxygen atoms in total. The second-order valence-electron chi connectivity index (χ2n) is 10.6. The topological polar surface area (TPSA) is 95.8 Å². The summed E-state index contributed by atoms with van der Waals surface area (Å²) in [4.78, 5) is 35.8. The average molecular weight is 510 g/mol. The minimum Gasteiger partial charge on any atom is -0.444 e. The third kappa shape index (κ3) is 4.90. The van der Waals surface area contributed by atoms with Gasteiger partial charge in [-0.1, -0.05) is 0 Å². The number of nitrogens with one attached hydrogen (secondary N) is 1. The number of urea groups is 1. The highest BCUT2D eigenvalue weighted by Crippen LogP contribution is 2.35. The Labute approximate surface area is 215 Å². The van der Waals surface area contributed by atoms with Gasteiger partial charge >= 0.3 is 12.1 Å². The maximum Gasteiger partial charge on any atom is 0.410 e. The Hall–Kier alpha value is -3.89. The van der Waals surface area contributed by atoms with E-state index in [1.54, 1.807) is 40.0 Å². The lowest BCUT2D eigenvalue weighted by atomic mass is 10.1.